The third-order valence-electron chi connectivity index (χ3n) is 4.26. The van der Waals surface area contributed by atoms with Crippen LogP contribution in [-0.4, -0.2) is 22.4 Å². The maximum Gasteiger partial charge on any atom is 0.228 e. The van der Waals surface area contributed by atoms with E-state index >= 15 is 0 Å². The van der Waals surface area contributed by atoms with Crippen LogP contribution in [0.2, 0.25) is 0 Å². The van der Waals surface area contributed by atoms with Gasteiger partial charge in [0.2, 0.25) is 11.9 Å². The average Bonchev–Trinajstić information content (AvgIpc) is 2.77. The Bertz CT molecular complexity index is 974. The number of benzene rings is 2. The molecule has 1 aliphatic heterocycles. The minimum absolute atomic E-state index is 0.0772. The number of rotatable bonds is 4. The minimum Gasteiger partial charge on any atom is -0.354 e. The topological polar surface area (TPSA) is 66.9 Å². The highest BCUT2D eigenvalue weighted by atomic mass is 19.1. The molecule has 1 amide bonds. The molecule has 1 aromatic heterocycles. The monoisotopic (exact) mass is 348 g/mol. The van der Waals surface area contributed by atoms with Gasteiger partial charge in [-0.3, -0.25) is 4.79 Å². The lowest BCUT2D eigenvalue weighted by Gasteiger charge is -2.10. The molecule has 3 aromatic rings. The Hall–Kier alpha value is -3.28. The second-order valence-corrected chi connectivity index (χ2v) is 6.14. The predicted molar refractivity (Wildman–Crippen MR) is 98.4 cm³/mol. The third kappa shape index (κ3) is 3.39. The van der Waals surface area contributed by atoms with Gasteiger partial charge in [-0.1, -0.05) is 30.3 Å². The van der Waals surface area contributed by atoms with E-state index in [9.17, 15) is 9.18 Å². The van der Waals surface area contributed by atoms with Crippen molar-refractivity contribution in [2.24, 2.45) is 0 Å². The van der Waals surface area contributed by atoms with Crippen LogP contribution >= 0.6 is 0 Å². The van der Waals surface area contributed by atoms with Crippen molar-refractivity contribution >= 4 is 17.5 Å². The molecule has 0 spiro atoms. The van der Waals surface area contributed by atoms with Crippen LogP contribution in [0.15, 0.2) is 54.7 Å². The molecule has 0 saturated heterocycles. The van der Waals surface area contributed by atoms with Gasteiger partial charge in [0.1, 0.15) is 5.82 Å². The lowest BCUT2D eigenvalue weighted by molar-refractivity contribution is -0.115. The van der Waals surface area contributed by atoms with Crippen LogP contribution in [0.5, 0.6) is 0 Å². The summed E-state index contributed by atoms with van der Waals surface area (Å²) in [6.45, 7) is 0.584. The first kappa shape index (κ1) is 16.2. The summed E-state index contributed by atoms with van der Waals surface area (Å²) in [5.74, 6) is 0.175. The van der Waals surface area contributed by atoms with Gasteiger partial charge in [0.15, 0.2) is 0 Å². The molecule has 130 valence electrons. The van der Waals surface area contributed by atoms with Crippen LogP contribution in [-0.2, 0) is 17.6 Å². The van der Waals surface area contributed by atoms with Crippen molar-refractivity contribution in [1.82, 2.24) is 9.97 Å². The molecular formula is C20H17FN4O. The van der Waals surface area contributed by atoms with E-state index in [0.29, 0.717) is 18.9 Å². The molecule has 26 heavy (non-hydrogen) atoms. The van der Waals surface area contributed by atoms with Gasteiger partial charge >= 0.3 is 0 Å². The highest BCUT2D eigenvalue weighted by Gasteiger charge is 2.20. The van der Waals surface area contributed by atoms with Gasteiger partial charge in [-0.05, 0) is 30.2 Å². The predicted octanol–water partition coefficient (Wildman–Crippen LogP) is 3.43. The van der Waals surface area contributed by atoms with Crippen LogP contribution in [0.25, 0.3) is 11.3 Å². The molecule has 6 heteroatoms. The zero-order valence-electron chi connectivity index (χ0n) is 14.0. The highest BCUT2D eigenvalue weighted by Crippen LogP contribution is 2.32. The molecule has 2 N–H and O–H groups in total. The van der Waals surface area contributed by atoms with Crippen molar-refractivity contribution in [1.29, 1.82) is 0 Å². The number of amides is 1. The van der Waals surface area contributed by atoms with Gasteiger partial charge in [-0.2, -0.15) is 0 Å². The fraction of sp³-hybridized carbons (Fsp3) is 0.150. The fourth-order valence-corrected chi connectivity index (χ4v) is 3.03. The molecule has 0 unspecified atom stereocenters. The van der Waals surface area contributed by atoms with Crippen molar-refractivity contribution in [3.63, 3.8) is 0 Å². The quantitative estimate of drug-likeness (QED) is 0.758. The van der Waals surface area contributed by atoms with E-state index in [4.69, 9.17) is 0 Å². The van der Waals surface area contributed by atoms with E-state index in [2.05, 4.69) is 20.6 Å². The van der Waals surface area contributed by atoms with Crippen molar-refractivity contribution < 1.29 is 9.18 Å². The van der Waals surface area contributed by atoms with E-state index < -0.39 is 0 Å². The lowest BCUT2D eigenvalue weighted by Crippen LogP contribution is -2.13. The molecule has 2 aromatic carbocycles. The van der Waals surface area contributed by atoms with Gasteiger partial charge in [0.05, 0.1) is 17.8 Å². The van der Waals surface area contributed by atoms with Gasteiger partial charge in [0.25, 0.3) is 0 Å². The zero-order valence-corrected chi connectivity index (χ0v) is 14.0. The number of nitrogens with zero attached hydrogens (tertiary/aromatic N) is 2. The lowest BCUT2D eigenvalue weighted by atomic mass is 10.1. The SMILES string of the molecule is O=C1Cc2cnc(NCCc3cccc(F)c3)nc2-c2ccccc2N1. The summed E-state index contributed by atoms with van der Waals surface area (Å²) in [5.41, 5.74) is 4.09. The number of aromatic nitrogens is 2. The number of anilines is 2. The van der Waals surface area contributed by atoms with Crippen molar-refractivity contribution in [2.45, 2.75) is 12.8 Å². The molecule has 0 radical (unpaired) electrons. The summed E-state index contributed by atoms with van der Waals surface area (Å²) >= 11 is 0. The molecule has 0 fully saturated rings. The highest BCUT2D eigenvalue weighted by molar-refractivity contribution is 5.99. The second kappa shape index (κ2) is 6.92. The molecule has 0 bridgehead atoms. The number of para-hydroxylation sites is 1. The number of carbonyl (C=O) groups excluding carboxylic acids is 1. The summed E-state index contributed by atoms with van der Waals surface area (Å²) in [4.78, 5) is 21.0. The summed E-state index contributed by atoms with van der Waals surface area (Å²) in [7, 11) is 0. The van der Waals surface area contributed by atoms with Gasteiger partial charge in [-0.15, -0.1) is 0 Å². The molecule has 0 aliphatic carbocycles. The molecule has 5 nitrogen and oxygen atoms in total. The van der Waals surface area contributed by atoms with Crippen LogP contribution in [0, 0.1) is 5.82 Å². The molecule has 2 heterocycles. The summed E-state index contributed by atoms with van der Waals surface area (Å²) < 4.78 is 13.2. The minimum atomic E-state index is -0.238. The Morgan fingerprint density at radius 2 is 2.04 bits per heavy atom. The van der Waals surface area contributed by atoms with Crippen LogP contribution in [0.3, 0.4) is 0 Å². The molecule has 1 aliphatic rings. The van der Waals surface area contributed by atoms with Crippen LogP contribution in [0.1, 0.15) is 11.1 Å². The Labute approximate surface area is 150 Å². The fourth-order valence-electron chi connectivity index (χ4n) is 3.03. The van der Waals surface area contributed by atoms with E-state index in [-0.39, 0.29) is 18.1 Å². The van der Waals surface area contributed by atoms with E-state index in [1.807, 2.05) is 30.3 Å². The maximum absolute atomic E-state index is 13.2. The Balaban J connectivity index is 1.56. The molecular weight excluding hydrogens is 331 g/mol. The smallest absolute Gasteiger partial charge is 0.228 e. The van der Waals surface area contributed by atoms with Crippen LogP contribution in [0.4, 0.5) is 16.0 Å². The van der Waals surface area contributed by atoms with Gasteiger partial charge in [0, 0.05) is 23.9 Å². The summed E-state index contributed by atoms with van der Waals surface area (Å²) in [6.07, 6.45) is 2.59. The summed E-state index contributed by atoms with van der Waals surface area (Å²) in [5, 5.41) is 6.07. The number of hydrogen-bond donors (Lipinski definition) is 2. The van der Waals surface area contributed by atoms with E-state index in [1.54, 1.807) is 12.3 Å². The van der Waals surface area contributed by atoms with Crippen molar-refractivity contribution in [3.8, 4) is 11.3 Å². The molecule has 0 atom stereocenters. The second-order valence-electron chi connectivity index (χ2n) is 6.14. The Kier molecular flexibility index (Phi) is 4.31. The summed E-state index contributed by atoms with van der Waals surface area (Å²) in [6, 6.07) is 14.1. The van der Waals surface area contributed by atoms with Crippen molar-refractivity contribution in [2.75, 3.05) is 17.2 Å². The first-order valence-corrected chi connectivity index (χ1v) is 8.42. The largest absolute Gasteiger partial charge is 0.354 e. The number of nitrogens with one attached hydrogen (secondary N) is 2. The van der Waals surface area contributed by atoms with E-state index in [1.165, 1.54) is 12.1 Å². The number of fused-ring (bicyclic) bond motifs is 3. The van der Waals surface area contributed by atoms with Crippen LogP contribution < -0.4 is 10.6 Å². The average molecular weight is 348 g/mol. The van der Waals surface area contributed by atoms with Crippen molar-refractivity contribution in [3.05, 3.63) is 71.7 Å². The molecule has 0 saturated carbocycles. The maximum atomic E-state index is 13.2. The normalized spacial score (nSPS) is 12.6. The number of carbonyl (C=O) groups is 1. The third-order valence-corrected chi connectivity index (χ3v) is 4.26. The zero-order chi connectivity index (χ0) is 17.9. The number of halogens is 1. The Morgan fingerprint density at radius 1 is 1.15 bits per heavy atom. The molecule has 4 rings (SSSR count). The van der Waals surface area contributed by atoms with Gasteiger partial charge < -0.3 is 10.6 Å². The first-order chi connectivity index (χ1) is 12.7. The first-order valence-electron chi connectivity index (χ1n) is 8.42. The number of hydrogen-bond acceptors (Lipinski definition) is 4. The van der Waals surface area contributed by atoms with Gasteiger partial charge in [-0.25, -0.2) is 14.4 Å². The van der Waals surface area contributed by atoms with E-state index in [0.717, 1.165) is 28.1 Å². The standard InChI is InChI=1S/C20H17FN4O/c21-15-5-3-4-13(10-15)8-9-22-20-23-12-14-11-18(26)24-17-7-2-1-6-16(17)19(14)25-20/h1-7,10,12H,8-9,11H2,(H,24,26)(H,22,23,25). The Morgan fingerprint density at radius 3 is 2.92 bits per heavy atom.